The first-order valence-corrected chi connectivity index (χ1v) is 5.05. The summed E-state index contributed by atoms with van der Waals surface area (Å²) in [6, 6.07) is 14.9. The van der Waals surface area contributed by atoms with Crippen LogP contribution >= 0.6 is 0 Å². The van der Waals surface area contributed by atoms with Gasteiger partial charge in [0, 0.05) is 5.56 Å². The number of para-hydroxylation sites is 1. The Balaban J connectivity index is 2.12. The summed E-state index contributed by atoms with van der Waals surface area (Å²) in [7, 11) is 0. The second-order valence-corrected chi connectivity index (χ2v) is 3.38. The van der Waals surface area contributed by atoms with Crippen molar-refractivity contribution in [3.63, 3.8) is 0 Å². The van der Waals surface area contributed by atoms with Gasteiger partial charge in [0.15, 0.2) is 0 Å². The van der Waals surface area contributed by atoms with Crippen molar-refractivity contribution in [1.29, 1.82) is 0 Å². The highest BCUT2D eigenvalue weighted by Gasteiger charge is 2.07. The van der Waals surface area contributed by atoms with Gasteiger partial charge in [-0.3, -0.25) is 4.79 Å². The van der Waals surface area contributed by atoms with Crippen molar-refractivity contribution < 1.29 is 14.3 Å². The van der Waals surface area contributed by atoms with Gasteiger partial charge in [-0.1, -0.05) is 30.3 Å². The maximum absolute atomic E-state index is 11.7. The molecular weight excluding hydrogens is 216 g/mol. The van der Waals surface area contributed by atoms with Crippen LogP contribution in [-0.2, 0) is 4.79 Å². The van der Waals surface area contributed by atoms with Gasteiger partial charge in [0.1, 0.15) is 5.75 Å². The fourth-order valence-corrected chi connectivity index (χ4v) is 1.33. The molecule has 0 saturated carbocycles. The zero-order chi connectivity index (χ0) is 12.1. The SMILES string of the molecule is O=[C]c1ccc(C(=O)Oc2ccccc2)cc1. The number of hydrogen-bond acceptors (Lipinski definition) is 3. The zero-order valence-corrected chi connectivity index (χ0v) is 8.92. The lowest BCUT2D eigenvalue weighted by Gasteiger charge is -2.03. The number of carbonyl (C=O) groups excluding carboxylic acids is 2. The number of hydrogen-bond donors (Lipinski definition) is 0. The second kappa shape index (κ2) is 5.07. The van der Waals surface area contributed by atoms with Gasteiger partial charge in [0.25, 0.3) is 0 Å². The first-order chi connectivity index (χ1) is 8.29. The Morgan fingerprint density at radius 1 is 0.941 bits per heavy atom. The van der Waals surface area contributed by atoms with Crippen LogP contribution in [0, 0.1) is 0 Å². The summed E-state index contributed by atoms with van der Waals surface area (Å²) in [6.07, 6.45) is 1.74. The molecule has 0 aliphatic rings. The van der Waals surface area contributed by atoms with Gasteiger partial charge in [-0.05, 0) is 24.3 Å². The molecule has 0 bridgehead atoms. The molecule has 3 heteroatoms. The van der Waals surface area contributed by atoms with Crippen molar-refractivity contribution in [3.05, 3.63) is 65.7 Å². The van der Waals surface area contributed by atoms with E-state index >= 15 is 0 Å². The minimum absolute atomic E-state index is 0.396. The minimum Gasteiger partial charge on any atom is -0.423 e. The minimum atomic E-state index is -0.450. The molecule has 0 amide bonds. The number of benzene rings is 2. The summed E-state index contributed by atoms with van der Waals surface area (Å²) in [5, 5.41) is 0. The second-order valence-electron chi connectivity index (χ2n) is 3.38. The summed E-state index contributed by atoms with van der Waals surface area (Å²) in [5.41, 5.74) is 0.800. The molecule has 2 rings (SSSR count). The standard InChI is InChI=1S/C14H9O3/c15-10-11-6-8-12(9-7-11)14(16)17-13-4-2-1-3-5-13/h1-9H. The topological polar surface area (TPSA) is 43.4 Å². The third kappa shape index (κ3) is 2.78. The van der Waals surface area contributed by atoms with E-state index in [2.05, 4.69) is 0 Å². The van der Waals surface area contributed by atoms with Crippen molar-refractivity contribution in [1.82, 2.24) is 0 Å². The molecule has 3 nitrogen and oxygen atoms in total. The molecule has 2 aromatic rings. The highest BCUT2D eigenvalue weighted by molar-refractivity contribution is 5.91. The van der Waals surface area contributed by atoms with E-state index < -0.39 is 5.97 Å². The molecule has 2 aromatic carbocycles. The van der Waals surface area contributed by atoms with E-state index in [-0.39, 0.29) is 0 Å². The van der Waals surface area contributed by atoms with Crippen LogP contribution < -0.4 is 4.74 Å². The van der Waals surface area contributed by atoms with E-state index in [1.54, 1.807) is 30.6 Å². The Labute approximate surface area is 98.7 Å². The van der Waals surface area contributed by atoms with Gasteiger partial charge in [-0.15, -0.1) is 0 Å². The van der Waals surface area contributed by atoms with Crippen molar-refractivity contribution in [3.8, 4) is 5.75 Å². The quantitative estimate of drug-likeness (QED) is 0.595. The molecule has 0 fully saturated rings. The monoisotopic (exact) mass is 225 g/mol. The molecule has 17 heavy (non-hydrogen) atoms. The third-order valence-electron chi connectivity index (χ3n) is 2.19. The summed E-state index contributed by atoms with van der Waals surface area (Å²) < 4.78 is 5.14. The molecule has 0 spiro atoms. The van der Waals surface area contributed by atoms with Crippen LogP contribution in [0.25, 0.3) is 0 Å². The maximum atomic E-state index is 11.7. The average molecular weight is 225 g/mol. The third-order valence-corrected chi connectivity index (χ3v) is 2.19. The van der Waals surface area contributed by atoms with E-state index in [1.807, 2.05) is 6.07 Å². The van der Waals surface area contributed by atoms with Crippen molar-refractivity contribution >= 4 is 12.3 Å². The summed E-state index contributed by atoms with van der Waals surface area (Å²) in [6.45, 7) is 0. The molecule has 0 unspecified atom stereocenters. The first kappa shape index (κ1) is 11.1. The van der Waals surface area contributed by atoms with Crippen LogP contribution in [0.5, 0.6) is 5.75 Å². The van der Waals surface area contributed by atoms with Crippen LogP contribution in [0.4, 0.5) is 0 Å². The Hall–Kier alpha value is -2.42. The van der Waals surface area contributed by atoms with Crippen LogP contribution in [-0.4, -0.2) is 12.3 Å². The van der Waals surface area contributed by atoms with E-state index in [0.717, 1.165) is 0 Å². The molecule has 0 aliphatic carbocycles. The van der Waals surface area contributed by atoms with Gasteiger partial charge in [-0.2, -0.15) is 0 Å². The van der Waals surface area contributed by atoms with Gasteiger partial charge < -0.3 is 4.74 Å². The summed E-state index contributed by atoms with van der Waals surface area (Å²) in [5.74, 6) is 0.0391. The Bertz CT molecular complexity index is 515. The van der Waals surface area contributed by atoms with E-state index in [1.165, 1.54) is 24.3 Å². The lowest BCUT2D eigenvalue weighted by Crippen LogP contribution is -2.08. The highest BCUT2D eigenvalue weighted by Crippen LogP contribution is 2.12. The molecule has 1 radical (unpaired) electrons. The Morgan fingerprint density at radius 3 is 2.18 bits per heavy atom. The summed E-state index contributed by atoms with van der Waals surface area (Å²) in [4.78, 5) is 22.0. The van der Waals surface area contributed by atoms with Crippen LogP contribution in [0.2, 0.25) is 0 Å². The van der Waals surface area contributed by atoms with Crippen LogP contribution in [0.3, 0.4) is 0 Å². The van der Waals surface area contributed by atoms with E-state index in [0.29, 0.717) is 16.9 Å². The molecular formula is C14H9O3. The summed E-state index contributed by atoms with van der Waals surface area (Å²) >= 11 is 0. The number of rotatable bonds is 3. The lowest BCUT2D eigenvalue weighted by molar-refractivity contribution is 0.0735. The van der Waals surface area contributed by atoms with Crippen molar-refractivity contribution in [2.24, 2.45) is 0 Å². The van der Waals surface area contributed by atoms with Crippen molar-refractivity contribution in [2.75, 3.05) is 0 Å². The smallest absolute Gasteiger partial charge is 0.343 e. The van der Waals surface area contributed by atoms with E-state index in [9.17, 15) is 9.59 Å². The molecule has 0 aromatic heterocycles. The van der Waals surface area contributed by atoms with Gasteiger partial charge in [0.2, 0.25) is 6.29 Å². The predicted octanol–water partition coefficient (Wildman–Crippen LogP) is 2.36. The highest BCUT2D eigenvalue weighted by atomic mass is 16.5. The number of esters is 1. The molecule has 0 saturated heterocycles. The molecule has 83 valence electrons. The van der Waals surface area contributed by atoms with Crippen LogP contribution in [0.15, 0.2) is 54.6 Å². The molecule has 0 heterocycles. The first-order valence-electron chi connectivity index (χ1n) is 5.05. The number of ether oxygens (including phenoxy) is 1. The maximum Gasteiger partial charge on any atom is 0.343 e. The zero-order valence-electron chi connectivity index (χ0n) is 8.92. The molecule has 0 atom stereocenters. The lowest BCUT2D eigenvalue weighted by atomic mass is 10.1. The van der Waals surface area contributed by atoms with Crippen molar-refractivity contribution in [2.45, 2.75) is 0 Å². The molecule has 0 aliphatic heterocycles. The largest absolute Gasteiger partial charge is 0.423 e. The fourth-order valence-electron chi connectivity index (χ4n) is 1.33. The van der Waals surface area contributed by atoms with Gasteiger partial charge >= 0.3 is 5.97 Å². The van der Waals surface area contributed by atoms with Gasteiger partial charge in [0.05, 0.1) is 5.56 Å². The van der Waals surface area contributed by atoms with E-state index in [4.69, 9.17) is 4.74 Å². The normalized spacial score (nSPS) is 9.65. The van der Waals surface area contributed by atoms with Gasteiger partial charge in [-0.25, -0.2) is 4.79 Å². The molecule has 0 N–H and O–H groups in total. The average Bonchev–Trinajstić information content (AvgIpc) is 2.40. The fraction of sp³-hybridized carbons (Fsp3) is 0. The Morgan fingerprint density at radius 2 is 1.59 bits per heavy atom. The Kier molecular flexibility index (Phi) is 3.31. The predicted molar refractivity (Wildman–Crippen MR) is 62.6 cm³/mol. The number of carbonyl (C=O) groups is 1. The van der Waals surface area contributed by atoms with Crippen LogP contribution in [0.1, 0.15) is 15.9 Å².